The number of halogens is 1. The fourth-order valence-corrected chi connectivity index (χ4v) is 3.66. The van der Waals surface area contributed by atoms with Crippen LogP contribution in [0.1, 0.15) is 26.3 Å². The van der Waals surface area contributed by atoms with Crippen molar-refractivity contribution in [1.82, 2.24) is 5.32 Å². The van der Waals surface area contributed by atoms with Gasteiger partial charge in [0.15, 0.2) is 0 Å². The molecule has 3 N–H and O–H groups in total. The molecule has 3 aromatic rings. The summed E-state index contributed by atoms with van der Waals surface area (Å²) >= 11 is 6.09. The Morgan fingerprint density at radius 2 is 1.55 bits per heavy atom. The monoisotopic (exact) mass is 457 g/mol. The molecule has 3 rings (SSSR count). The predicted molar refractivity (Wildman–Crippen MR) is 122 cm³/mol. The molecule has 0 fully saturated rings. The Kier molecular flexibility index (Phi) is 6.94. The van der Waals surface area contributed by atoms with E-state index in [4.69, 9.17) is 11.6 Å². The van der Waals surface area contributed by atoms with E-state index < -0.39 is 15.9 Å². The molecular formula is C22H20ClN3O4S. The number of nitrogens with one attached hydrogen (secondary N) is 3. The maximum atomic E-state index is 12.7. The second-order valence-corrected chi connectivity index (χ2v) is 8.89. The Morgan fingerprint density at radius 1 is 0.871 bits per heavy atom. The molecule has 0 bridgehead atoms. The second-order valence-electron chi connectivity index (χ2n) is 6.74. The first-order valence-electron chi connectivity index (χ1n) is 9.23. The Bertz CT molecular complexity index is 1210. The summed E-state index contributed by atoms with van der Waals surface area (Å²) in [6.45, 7) is 0.354. The molecule has 0 saturated carbocycles. The summed E-state index contributed by atoms with van der Waals surface area (Å²) in [5, 5.41) is 5.61. The molecule has 0 aliphatic carbocycles. The third-order valence-corrected chi connectivity index (χ3v) is 5.15. The maximum absolute atomic E-state index is 12.7. The van der Waals surface area contributed by atoms with Crippen LogP contribution in [0.3, 0.4) is 0 Å². The Hall–Kier alpha value is -3.36. The molecule has 3 aromatic carbocycles. The van der Waals surface area contributed by atoms with Gasteiger partial charge in [0.2, 0.25) is 10.0 Å². The lowest BCUT2D eigenvalue weighted by Crippen LogP contribution is -2.24. The first-order valence-corrected chi connectivity index (χ1v) is 11.5. The number of rotatable bonds is 7. The minimum Gasteiger partial charge on any atom is -0.348 e. The first kappa shape index (κ1) is 22.3. The summed E-state index contributed by atoms with van der Waals surface area (Å²) < 4.78 is 25.0. The number of para-hydroxylation sites is 1. The van der Waals surface area contributed by atoms with E-state index in [1.807, 2.05) is 30.3 Å². The van der Waals surface area contributed by atoms with Crippen LogP contribution in [0.15, 0.2) is 72.8 Å². The van der Waals surface area contributed by atoms with E-state index in [1.54, 1.807) is 24.3 Å². The van der Waals surface area contributed by atoms with Crippen LogP contribution in [0.5, 0.6) is 0 Å². The molecule has 0 radical (unpaired) electrons. The van der Waals surface area contributed by atoms with E-state index in [-0.39, 0.29) is 22.2 Å². The average molecular weight is 458 g/mol. The van der Waals surface area contributed by atoms with Gasteiger partial charge in [0, 0.05) is 12.1 Å². The van der Waals surface area contributed by atoms with E-state index in [0.29, 0.717) is 17.8 Å². The zero-order valence-electron chi connectivity index (χ0n) is 16.6. The number of amides is 2. The summed E-state index contributed by atoms with van der Waals surface area (Å²) in [6.07, 6.45) is 1.00. The van der Waals surface area contributed by atoms with E-state index in [0.717, 1.165) is 11.8 Å². The average Bonchev–Trinajstić information content (AvgIpc) is 2.73. The summed E-state index contributed by atoms with van der Waals surface area (Å²) in [4.78, 5) is 25.3. The molecule has 0 heterocycles. The molecule has 7 nitrogen and oxygen atoms in total. The van der Waals surface area contributed by atoms with Crippen molar-refractivity contribution in [2.24, 2.45) is 0 Å². The van der Waals surface area contributed by atoms with Crippen LogP contribution in [0, 0.1) is 0 Å². The number of carbonyl (C=O) groups excluding carboxylic acids is 2. The van der Waals surface area contributed by atoms with Gasteiger partial charge in [0.1, 0.15) is 0 Å². The molecular weight excluding hydrogens is 438 g/mol. The summed E-state index contributed by atoms with van der Waals surface area (Å²) in [5.74, 6) is -0.818. The number of hydrogen-bond donors (Lipinski definition) is 3. The Balaban J connectivity index is 1.73. The molecule has 0 aliphatic heterocycles. The van der Waals surface area contributed by atoms with Crippen molar-refractivity contribution in [3.63, 3.8) is 0 Å². The van der Waals surface area contributed by atoms with Crippen molar-refractivity contribution in [3.8, 4) is 0 Å². The molecule has 0 aromatic heterocycles. The molecule has 0 saturated heterocycles. The van der Waals surface area contributed by atoms with Gasteiger partial charge in [-0.1, -0.05) is 54.1 Å². The van der Waals surface area contributed by atoms with Crippen LogP contribution in [0.25, 0.3) is 0 Å². The normalized spacial score (nSPS) is 10.9. The van der Waals surface area contributed by atoms with Gasteiger partial charge < -0.3 is 10.6 Å². The molecule has 0 atom stereocenters. The third kappa shape index (κ3) is 6.31. The lowest BCUT2D eigenvalue weighted by Gasteiger charge is -2.12. The minimum absolute atomic E-state index is 0.0759. The SMILES string of the molecule is CS(=O)(=O)Nc1ccc(C(=O)Nc2ccccc2C(=O)NCc2ccccc2)cc1Cl. The highest BCUT2D eigenvalue weighted by Gasteiger charge is 2.15. The lowest BCUT2D eigenvalue weighted by atomic mass is 10.1. The van der Waals surface area contributed by atoms with Crippen LogP contribution in [-0.4, -0.2) is 26.5 Å². The standard InChI is InChI=1S/C22H20ClN3O4S/c1-31(29,30)26-20-12-11-16(13-18(20)23)21(27)25-19-10-6-5-9-17(19)22(28)24-14-15-7-3-2-4-8-15/h2-13,26H,14H2,1H3,(H,24,28)(H,25,27). The van der Waals surface area contributed by atoms with Crippen LogP contribution >= 0.6 is 11.6 Å². The fourth-order valence-electron chi connectivity index (χ4n) is 2.80. The quantitative estimate of drug-likeness (QED) is 0.500. The molecule has 0 aliphatic rings. The topological polar surface area (TPSA) is 104 Å². The van der Waals surface area contributed by atoms with Crippen molar-refractivity contribution in [3.05, 3.63) is 94.5 Å². The van der Waals surface area contributed by atoms with Gasteiger partial charge in [-0.3, -0.25) is 14.3 Å². The van der Waals surface area contributed by atoms with Crippen LogP contribution in [0.2, 0.25) is 5.02 Å². The number of anilines is 2. The van der Waals surface area contributed by atoms with Gasteiger partial charge in [0.05, 0.1) is 28.2 Å². The Morgan fingerprint density at radius 3 is 2.23 bits per heavy atom. The molecule has 0 unspecified atom stereocenters. The highest BCUT2D eigenvalue weighted by atomic mass is 35.5. The smallest absolute Gasteiger partial charge is 0.255 e. The van der Waals surface area contributed by atoms with Gasteiger partial charge in [-0.2, -0.15) is 0 Å². The predicted octanol–water partition coefficient (Wildman–Crippen LogP) is 3.89. The van der Waals surface area contributed by atoms with Gasteiger partial charge in [-0.25, -0.2) is 8.42 Å². The van der Waals surface area contributed by atoms with Crippen LogP contribution in [0.4, 0.5) is 11.4 Å². The number of sulfonamides is 1. The maximum Gasteiger partial charge on any atom is 0.255 e. The fraction of sp³-hybridized carbons (Fsp3) is 0.0909. The van der Waals surface area contributed by atoms with Gasteiger partial charge in [-0.15, -0.1) is 0 Å². The highest BCUT2D eigenvalue weighted by Crippen LogP contribution is 2.25. The van der Waals surface area contributed by atoms with Crippen molar-refractivity contribution in [1.29, 1.82) is 0 Å². The van der Waals surface area contributed by atoms with Crippen molar-refractivity contribution < 1.29 is 18.0 Å². The largest absolute Gasteiger partial charge is 0.348 e. The van der Waals surface area contributed by atoms with Crippen molar-refractivity contribution in [2.75, 3.05) is 16.3 Å². The van der Waals surface area contributed by atoms with Gasteiger partial charge in [0.25, 0.3) is 11.8 Å². The molecule has 2 amide bonds. The second kappa shape index (κ2) is 9.63. The van der Waals surface area contributed by atoms with Crippen molar-refractivity contribution >= 4 is 44.8 Å². The Labute approximate surface area is 185 Å². The lowest BCUT2D eigenvalue weighted by molar-refractivity contribution is 0.0951. The molecule has 160 valence electrons. The van der Waals surface area contributed by atoms with E-state index >= 15 is 0 Å². The minimum atomic E-state index is -3.50. The van der Waals surface area contributed by atoms with Crippen LogP contribution in [-0.2, 0) is 16.6 Å². The van der Waals surface area contributed by atoms with Crippen LogP contribution < -0.4 is 15.4 Å². The van der Waals surface area contributed by atoms with E-state index in [9.17, 15) is 18.0 Å². The summed E-state index contributed by atoms with van der Waals surface area (Å²) in [7, 11) is -3.50. The van der Waals surface area contributed by atoms with E-state index in [2.05, 4.69) is 15.4 Å². The molecule has 9 heteroatoms. The highest BCUT2D eigenvalue weighted by molar-refractivity contribution is 7.92. The molecule has 0 spiro atoms. The zero-order chi connectivity index (χ0) is 22.4. The summed E-state index contributed by atoms with van der Waals surface area (Å²) in [6, 6.07) is 20.3. The van der Waals surface area contributed by atoms with Crippen molar-refractivity contribution in [2.45, 2.75) is 6.54 Å². The van der Waals surface area contributed by atoms with E-state index in [1.165, 1.54) is 18.2 Å². The number of hydrogen-bond acceptors (Lipinski definition) is 4. The first-order chi connectivity index (χ1) is 14.7. The zero-order valence-corrected chi connectivity index (χ0v) is 18.1. The van der Waals surface area contributed by atoms with Gasteiger partial charge >= 0.3 is 0 Å². The number of carbonyl (C=O) groups is 2. The summed E-state index contributed by atoms with van der Waals surface area (Å²) in [5.41, 5.74) is 1.99. The third-order valence-electron chi connectivity index (χ3n) is 4.24. The van der Waals surface area contributed by atoms with Gasteiger partial charge in [-0.05, 0) is 35.9 Å². The number of benzene rings is 3. The molecule has 31 heavy (non-hydrogen) atoms.